The highest BCUT2D eigenvalue weighted by Gasteiger charge is 2.16. The summed E-state index contributed by atoms with van der Waals surface area (Å²) in [6.07, 6.45) is 2.57. The topological polar surface area (TPSA) is 61.4 Å². The highest BCUT2D eigenvalue weighted by atomic mass is 19.1. The molecular weight excluding hydrogens is 345 g/mol. The number of hydrogen-bond donors (Lipinski definition) is 2. The van der Waals surface area contributed by atoms with Gasteiger partial charge >= 0.3 is 0 Å². The van der Waals surface area contributed by atoms with Gasteiger partial charge in [0, 0.05) is 31.7 Å². The van der Waals surface area contributed by atoms with Crippen molar-refractivity contribution in [3.05, 3.63) is 59.9 Å². The second kappa shape index (κ2) is 9.16. The first-order valence-electron chi connectivity index (χ1n) is 9.27. The molecule has 142 valence electrons. The van der Waals surface area contributed by atoms with Crippen LogP contribution in [-0.4, -0.2) is 31.4 Å². The Morgan fingerprint density at radius 1 is 1.00 bits per heavy atom. The van der Waals surface area contributed by atoms with E-state index >= 15 is 0 Å². The van der Waals surface area contributed by atoms with E-state index in [0.717, 1.165) is 31.5 Å². The van der Waals surface area contributed by atoms with Crippen molar-refractivity contribution >= 4 is 23.2 Å². The molecule has 0 saturated carbocycles. The Labute approximate surface area is 158 Å². The third-order valence-corrected chi connectivity index (χ3v) is 4.56. The number of halogens is 1. The van der Waals surface area contributed by atoms with Crippen molar-refractivity contribution in [2.45, 2.75) is 25.7 Å². The molecule has 0 atom stereocenters. The lowest BCUT2D eigenvalue weighted by molar-refractivity contribution is -0.120. The predicted molar refractivity (Wildman–Crippen MR) is 104 cm³/mol. The van der Waals surface area contributed by atoms with Crippen LogP contribution in [0.1, 0.15) is 24.8 Å². The van der Waals surface area contributed by atoms with Gasteiger partial charge in [-0.15, -0.1) is 0 Å². The maximum atomic E-state index is 14.3. The van der Waals surface area contributed by atoms with Gasteiger partial charge in [0.1, 0.15) is 5.82 Å². The minimum atomic E-state index is -0.328. The summed E-state index contributed by atoms with van der Waals surface area (Å²) < 4.78 is 14.3. The molecule has 5 nitrogen and oxygen atoms in total. The summed E-state index contributed by atoms with van der Waals surface area (Å²) in [5.41, 5.74) is 1.93. The molecule has 1 aliphatic rings. The molecule has 6 heteroatoms. The first-order valence-corrected chi connectivity index (χ1v) is 9.27. The van der Waals surface area contributed by atoms with E-state index in [1.165, 1.54) is 6.07 Å². The van der Waals surface area contributed by atoms with Crippen LogP contribution >= 0.6 is 0 Å². The molecule has 2 N–H and O–H groups in total. The average molecular weight is 369 g/mol. The molecule has 1 fully saturated rings. The summed E-state index contributed by atoms with van der Waals surface area (Å²) >= 11 is 0. The molecule has 1 saturated heterocycles. The highest BCUT2D eigenvalue weighted by molar-refractivity contribution is 5.91. The number of benzene rings is 2. The molecule has 1 heterocycles. The van der Waals surface area contributed by atoms with E-state index in [-0.39, 0.29) is 37.0 Å². The van der Waals surface area contributed by atoms with E-state index in [2.05, 4.69) is 10.6 Å². The van der Waals surface area contributed by atoms with Gasteiger partial charge < -0.3 is 15.5 Å². The minimum Gasteiger partial charge on any atom is -0.369 e. The maximum absolute atomic E-state index is 14.3. The normalized spacial score (nSPS) is 13.4. The summed E-state index contributed by atoms with van der Waals surface area (Å²) in [6, 6.07) is 14.2. The van der Waals surface area contributed by atoms with Crippen LogP contribution in [0.3, 0.4) is 0 Å². The highest BCUT2D eigenvalue weighted by Crippen LogP contribution is 2.26. The molecule has 0 radical (unpaired) electrons. The van der Waals surface area contributed by atoms with Crippen molar-refractivity contribution in [1.29, 1.82) is 0 Å². The number of hydrogen-bond acceptors (Lipinski definition) is 3. The van der Waals surface area contributed by atoms with Gasteiger partial charge in [-0.25, -0.2) is 4.39 Å². The first-order chi connectivity index (χ1) is 13.1. The summed E-state index contributed by atoms with van der Waals surface area (Å²) in [5, 5.41) is 5.40. The van der Waals surface area contributed by atoms with Crippen molar-refractivity contribution in [3.8, 4) is 0 Å². The van der Waals surface area contributed by atoms with E-state index < -0.39 is 0 Å². The zero-order chi connectivity index (χ0) is 19.1. The monoisotopic (exact) mass is 369 g/mol. The lowest BCUT2D eigenvalue weighted by Crippen LogP contribution is -2.28. The van der Waals surface area contributed by atoms with Crippen LogP contribution in [0.5, 0.6) is 0 Å². The van der Waals surface area contributed by atoms with Crippen LogP contribution in [0.2, 0.25) is 0 Å². The molecule has 2 amide bonds. The fourth-order valence-electron chi connectivity index (χ4n) is 3.18. The summed E-state index contributed by atoms with van der Waals surface area (Å²) in [4.78, 5) is 25.9. The van der Waals surface area contributed by atoms with Crippen LogP contribution in [0.4, 0.5) is 15.8 Å². The minimum absolute atomic E-state index is 0.130. The van der Waals surface area contributed by atoms with Crippen molar-refractivity contribution in [2.75, 3.05) is 29.9 Å². The Hall–Kier alpha value is -2.89. The van der Waals surface area contributed by atoms with Crippen molar-refractivity contribution < 1.29 is 14.0 Å². The summed E-state index contributed by atoms with van der Waals surface area (Å²) in [5.74, 6) is -0.718. The Morgan fingerprint density at radius 3 is 2.44 bits per heavy atom. The lowest BCUT2D eigenvalue weighted by Gasteiger charge is -2.18. The Bertz CT molecular complexity index is 789. The molecule has 2 aromatic carbocycles. The molecule has 0 aromatic heterocycles. The Kier molecular flexibility index (Phi) is 6.41. The van der Waals surface area contributed by atoms with E-state index in [1.807, 2.05) is 35.2 Å². The molecule has 3 rings (SSSR count). The smallest absolute Gasteiger partial charge is 0.226 e. The van der Waals surface area contributed by atoms with E-state index in [9.17, 15) is 14.0 Å². The molecule has 0 unspecified atom stereocenters. The lowest BCUT2D eigenvalue weighted by atomic mass is 10.1. The van der Waals surface area contributed by atoms with Crippen LogP contribution in [0, 0.1) is 5.82 Å². The second-order valence-corrected chi connectivity index (χ2v) is 6.67. The number of carbonyl (C=O) groups excluding carboxylic acids is 2. The third-order valence-electron chi connectivity index (χ3n) is 4.56. The van der Waals surface area contributed by atoms with Gasteiger partial charge in [0.05, 0.1) is 12.1 Å². The molecule has 27 heavy (non-hydrogen) atoms. The number of carbonyl (C=O) groups is 2. The molecular formula is C21H24FN3O2. The molecule has 0 aliphatic carbocycles. The predicted octanol–water partition coefficient (Wildman–Crippen LogP) is 3.11. The SMILES string of the molecule is O=C(Cc1ccccc1)NCCC(=O)Nc1ccc(N2CCCC2)c(F)c1. The zero-order valence-electron chi connectivity index (χ0n) is 15.2. The van der Waals surface area contributed by atoms with Gasteiger partial charge in [-0.1, -0.05) is 30.3 Å². The van der Waals surface area contributed by atoms with Crippen LogP contribution in [0.25, 0.3) is 0 Å². The van der Waals surface area contributed by atoms with Gasteiger partial charge in [0.25, 0.3) is 0 Å². The largest absolute Gasteiger partial charge is 0.369 e. The van der Waals surface area contributed by atoms with Gasteiger partial charge in [0.15, 0.2) is 0 Å². The van der Waals surface area contributed by atoms with Crippen molar-refractivity contribution in [1.82, 2.24) is 5.32 Å². The molecule has 0 bridgehead atoms. The quantitative estimate of drug-likeness (QED) is 0.788. The van der Waals surface area contributed by atoms with E-state index in [0.29, 0.717) is 11.4 Å². The number of nitrogens with zero attached hydrogens (tertiary/aromatic N) is 1. The fraction of sp³-hybridized carbons (Fsp3) is 0.333. The molecule has 2 aromatic rings. The second-order valence-electron chi connectivity index (χ2n) is 6.67. The van der Waals surface area contributed by atoms with Crippen molar-refractivity contribution in [2.24, 2.45) is 0 Å². The molecule has 1 aliphatic heterocycles. The average Bonchev–Trinajstić information content (AvgIpc) is 3.17. The van der Waals surface area contributed by atoms with Gasteiger partial charge in [-0.3, -0.25) is 9.59 Å². The fourth-order valence-corrected chi connectivity index (χ4v) is 3.18. The number of rotatable bonds is 7. The Balaban J connectivity index is 1.42. The van der Waals surface area contributed by atoms with E-state index in [4.69, 9.17) is 0 Å². The summed E-state index contributed by atoms with van der Waals surface area (Å²) in [6.45, 7) is 1.97. The number of anilines is 2. The summed E-state index contributed by atoms with van der Waals surface area (Å²) in [7, 11) is 0. The number of amides is 2. The maximum Gasteiger partial charge on any atom is 0.226 e. The zero-order valence-corrected chi connectivity index (χ0v) is 15.2. The van der Waals surface area contributed by atoms with Crippen molar-refractivity contribution in [3.63, 3.8) is 0 Å². The number of nitrogens with one attached hydrogen (secondary N) is 2. The third kappa shape index (κ3) is 5.54. The van der Waals surface area contributed by atoms with Crippen LogP contribution in [-0.2, 0) is 16.0 Å². The van der Waals surface area contributed by atoms with E-state index in [1.54, 1.807) is 12.1 Å². The van der Waals surface area contributed by atoms with Gasteiger partial charge in [-0.05, 0) is 36.6 Å². The van der Waals surface area contributed by atoms with Gasteiger partial charge in [-0.2, -0.15) is 0 Å². The first kappa shape index (κ1) is 18.9. The van der Waals surface area contributed by atoms with Gasteiger partial charge in [0.2, 0.25) is 11.8 Å². The molecule has 0 spiro atoms. The Morgan fingerprint density at radius 2 is 1.74 bits per heavy atom. The standard InChI is InChI=1S/C21H24FN3O2/c22-18-15-17(8-9-19(18)25-12-4-5-13-25)24-20(26)10-11-23-21(27)14-16-6-2-1-3-7-16/h1-3,6-9,15H,4-5,10-14H2,(H,23,27)(H,24,26). The van der Waals surface area contributed by atoms with Crippen LogP contribution in [0.15, 0.2) is 48.5 Å². The van der Waals surface area contributed by atoms with Crippen LogP contribution < -0.4 is 15.5 Å².